The van der Waals surface area contributed by atoms with Crippen molar-refractivity contribution < 1.29 is 13.2 Å². The molecule has 0 spiro atoms. The van der Waals surface area contributed by atoms with Gasteiger partial charge in [-0.2, -0.15) is 0 Å². The van der Waals surface area contributed by atoms with Crippen LogP contribution in [0.15, 0.2) is 96.4 Å². The Morgan fingerprint density at radius 2 is 1.21 bits per heavy atom. The summed E-state index contributed by atoms with van der Waals surface area (Å²) < 4.78 is 27.3. The molecule has 0 bridgehead atoms. The fraction of sp³-hybridized carbons (Fsp3) is 0.0455. The van der Waals surface area contributed by atoms with Crippen molar-refractivity contribution >= 4 is 33.0 Å². The Labute approximate surface area is 165 Å². The molecule has 0 atom stereocenters. The minimum atomic E-state index is -3.99. The van der Waals surface area contributed by atoms with Crippen molar-refractivity contribution in [2.75, 3.05) is 4.90 Å². The van der Waals surface area contributed by atoms with Gasteiger partial charge in [0.15, 0.2) is 0 Å². The molecule has 0 saturated carbocycles. The second kappa shape index (κ2) is 8.54. The molecule has 0 fully saturated rings. The predicted octanol–water partition coefficient (Wildman–Crippen LogP) is 4.93. The second-order valence-corrected chi connectivity index (χ2v) is 7.66. The van der Waals surface area contributed by atoms with E-state index in [0.29, 0.717) is 16.9 Å². The van der Waals surface area contributed by atoms with E-state index in [1.165, 1.54) is 4.90 Å². The Morgan fingerprint density at radius 1 is 0.786 bits per heavy atom. The zero-order chi connectivity index (χ0) is 20.0. The molecule has 142 valence electrons. The van der Waals surface area contributed by atoms with E-state index in [1.54, 1.807) is 55.5 Å². The Morgan fingerprint density at radius 3 is 1.68 bits per heavy atom. The summed E-state index contributed by atoms with van der Waals surface area (Å²) in [5.74, 6) is 0. The van der Waals surface area contributed by atoms with Gasteiger partial charge >= 0.3 is 6.03 Å². The predicted molar refractivity (Wildman–Crippen MR) is 113 cm³/mol. The van der Waals surface area contributed by atoms with Crippen LogP contribution in [0.1, 0.15) is 12.5 Å². The lowest BCUT2D eigenvalue weighted by Gasteiger charge is -2.23. The number of urea groups is 1. The molecule has 28 heavy (non-hydrogen) atoms. The fourth-order valence-corrected chi connectivity index (χ4v) is 3.73. The van der Waals surface area contributed by atoms with Crippen LogP contribution in [0.5, 0.6) is 0 Å². The van der Waals surface area contributed by atoms with E-state index in [-0.39, 0.29) is 0 Å². The summed E-state index contributed by atoms with van der Waals surface area (Å²) >= 11 is 0. The average molecular weight is 392 g/mol. The third-order valence-corrected chi connectivity index (χ3v) is 5.15. The van der Waals surface area contributed by atoms with Gasteiger partial charge in [-0.15, -0.1) is 0 Å². The van der Waals surface area contributed by atoms with Crippen LogP contribution in [0.25, 0.3) is 5.57 Å². The van der Waals surface area contributed by atoms with Crippen LogP contribution in [-0.4, -0.2) is 14.4 Å². The molecule has 0 aliphatic carbocycles. The number of amides is 2. The normalized spacial score (nSPS) is 11.7. The molecule has 0 unspecified atom stereocenters. The quantitative estimate of drug-likeness (QED) is 0.670. The molecular weight excluding hydrogens is 372 g/mol. The van der Waals surface area contributed by atoms with Crippen molar-refractivity contribution in [3.63, 3.8) is 0 Å². The van der Waals surface area contributed by atoms with Crippen molar-refractivity contribution in [2.45, 2.75) is 6.92 Å². The number of para-hydroxylation sites is 2. The number of anilines is 2. The van der Waals surface area contributed by atoms with Gasteiger partial charge in [-0.3, -0.25) is 4.90 Å². The van der Waals surface area contributed by atoms with Gasteiger partial charge in [0, 0.05) is 0 Å². The molecule has 0 aromatic heterocycles. The molecule has 0 radical (unpaired) electrons. The summed E-state index contributed by atoms with van der Waals surface area (Å²) in [6, 6.07) is 26.1. The van der Waals surface area contributed by atoms with Crippen LogP contribution in [0.4, 0.5) is 16.2 Å². The molecule has 0 heterocycles. The maximum absolute atomic E-state index is 12.9. The van der Waals surface area contributed by atoms with E-state index in [9.17, 15) is 13.2 Å². The maximum atomic E-state index is 12.9. The highest BCUT2D eigenvalue weighted by molar-refractivity contribution is 7.93. The Kier molecular flexibility index (Phi) is 5.91. The van der Waals surface area contributed by atoms with Crippen molar-refractivity contribution in [1.82, 2.24) is 4.72 Å². The Balaban J connectivity index is 1.90. The van der Waals surface area contributed by atoms with E-state index >= 15 is 0 Å². The summed E-state index contributed by atoms with van der Waals surface area (Å²) in [5.41, 5.74) is 2.42. The third kappa shape index (κ3) is 4.86. The summed E-state index contributed by atoms with van der Waals surface area (Å²) in [6.45, 7) is 1.69. The van der Waals surface area contributed by atoms with Crippen molar-refractivity contribution in [3.05, 3.63) is 102 Å². The number of carbonyl (C=O) groups excluding carboxylic acids is 1. The van der Waals surface area contributed by atoms with Crippen LogP contribution in [-0.2, 0) is 10.0 Å². The van der Waals surface area contributed by atoms with Crippen LogP contribution >= 0.6 is 0 Å². The highest BCUT2D eigenvalue weighted by Crippen LogP contribution is 2.25. The van der Waals surface area contributed by atoms with Gasteiger partial charge in [0.05, 0.1) is 16.8 Å². The topological polar surface area (TPSA) is 66.5 Å². The number of nitrogens with zero attached hydrogens (tertiary/aromatic N) is 1. The number of carbonyl (C=O) groups is 1. The van der Waals surface area contributed by atoms with Gasteiger partial charge in [-0.25, -0.2) is 17.9 Å². The third-order valence-electron chi connectivity index (χ3n) is 4.02. The molecule has 0 aliphatic heterocycles. The van der Waals surface area contributed by atoms with E-state index in [0.717, 1.165) is 11.0 Å². The van der Waals surface area contributed by atoms with Crippen LogP contribution in [0, 0.1) is 0 Å². The van der Waals surface area contributed by atoms with Crippen LogP contribution in [0.3, 0.4) is 0 Å². The van der Waals surface area contributed by atoms with Crippen LogP contribution in [0.2, 0.25) is 0 Å². The van der Waals surface area contributed by atoms with Crippen LogP contribution < -0.4 is 9.62 Å². The number of nitrogens with one attached hydrogen (secondary N) is 1. The van der Waals surface area contributed by atoms with Gasteiger partial charge in [-0.05, 0) is 42.3 Å². The van der Waals surface area contributed by atoms with E-state index in [2.05, 4.69) is 4.72 Å². The first kappa shape index (κ1) is 19.4. The smallest absolute Gasteiger partial charge is 0.262 e. The zero-order valence-corrected chi connectivity index (χ0v) is 16.1. The lowest BCUT2D eigenvalue weighted by atomic mass is 10.1. The van der Waals surface area contributed by atoms with E-state index in [1.807, 2.05) is 42.5 Å². The van der Waals surface area contributed by atoms with Gasteiger partial charge in [0.25, 0.3) is 10.0 Å². The molecule has 3 aromatic carbocycles. The molecule has 1 N–H and O–H groups in total. The van der Waals surface area contributed by atoms with Crippen molar-refractivity contribution in [2.24, 2.45) is 0 Å². The lowest BCUT2D eigenvalue weighted by molar-refractivity contribution is 0.253. The van der Waals surface area contributed by atoms with Crippen molar-refractivity contribution in [3.8, 4) is 0 Å². The highest BCUT2D eigenvalue weighted by atomic mass is 32.2. The Bertz CT molecular complexity index is 1030. The molecule has 3 aromatic rings. The number of allylic oxidation sites excluding steroid dienone is 1. The van der Waals surface area contributed by atoms with E-state index < -0.39 is 16.1 Å². The lowest BCUT2D eigenvalue weighted by Crippen LogP contribution is -2.39. The van der Waals surface area contributed by atoms with Gasteiger partial charge < -0.3 is 0 Å². The number of benzene rings is 3. The summed E-state index contributed by atoms with van der Waals surface area (Å²) in [4.78, 5) is 14.2. The van der Waals surface area contributed by atoms with Gasteiger partial charge in [0.2, 0.25) is 0 Å². The fourth-order valence-electron chi connectivity index (χ4n) is 2.74. The number of hydrogen-bond donors (Lipinski definition) is 1. The summed E-state index contributed by atoms with van der Waals surface area (Å²) in [6.07, 6.45) is 0. The standard InChI is InChI=1S/C22H20N2O3S/c1-18(19-11-5-2-6-12-19)17-28(26,27)23-22(25)24(20-13-7-3-8-14-20)21-15-9-4-10-16-21/h2-17H,1H3,(H,23,25)/b18-17+. The number of sulfonamides is 1. The SMILES string of the molecule is C/C(=C\S(=O)(=O)NC(=O)N(c1ccccc1)c1ccccc1)c1ccccc1. The second-order valence-electron chi connectivity index (χ2n) is 6.13. The number of hydrogen-bond acceptors (Lipinski definition) is 3. The average Bonchev–Trinajstić information content (AvgIpc) is 2.69. The first-order chi connectivity index (χ1) is 13.5. The summed E-state index contributed by atoms with van der Waals surface area (Å²) in [5, 5.41) is 1.06. The number of rotatable bonds is 5. The zero-order valence-electron chi connectivity index (χ0n) is 15.3. The minimum absolute atomic E-state index is 0.534. The summed E-state index contributed by atoms with van der Waals surface area (Å²) in [7, 11) is -3.99. The molecule has 2 amide bonds. The molecule has 6 heteroatoms. The molecule has 3 rings (SSSR count). The minimum Gasteiger partial charge on any atom is -0.262 e. The van der Waals surface area contributed by atoms with Crippen molar-refractivity contribution in [1.29, 1.82) is 0 Å². The molecule has 5 nitrogen and oxygen atoms in total. The maximum Gasteiger partial charge on any atom is 0.340 e. The molecule has 0 aliphatic rings. The van der Waals surface area contributed by atoms with Gasteiger partial charge in [-0.1, -0.05) is 66.7 Å². The highest BCUT2D eigenvalue weighted by Gasteiger charge is 2.22. The first-order valence-corrected chi connectivity index (χ1v) is 10.2. The first-order valence-electron chi connectivity index (χ1n) is 8.67. The molecule has 0 saturated heterocycles. The Hall–Kier alpha value is -3.38. The molecular formula is C22H20N2O3S. The van der Waals surface area contributed by atoms with Gasteiger partial charge in [0.1, 0.15) is 0 Å². The van der Waals surface area contributed by atoms with E-state index in [4.69, 9.17) is 0 Å². The largest absolute Gasteiger partial charge is 0.340 e. The monoisotopic (exact) mass is 392 g/mol.